The maximum atomic E-state index is 15.4. The summed E-state index contributed by atoms with van der Waals surface area (Å²) in [5, 5.41) is 12.5. The smallest absolute Gasteiger partial charge is 0.302 e. The fourth-order valence-corrected chi connectivity index (χ4v) is 5.04. The number of nitrogens with zero attached hydrogens (tertiary/aromatic N) is 5. The zero-order chi connectivity index (χ0) is 24.0. The predicted octanol–water partition coefficient (Wildman–Crippen LogP) is 2.60. The van der Waals surface area contributed by atoms with Crippen LogP contribution in [0.2, 0.25) is 0 Å². The van der Waals surface area contributed by atoms with Gasteiger partial charge in [-0.25, -0.2) is 17.5 Å². The Bertz CT molecular complexity index is 1280. The summed E-state index contributed by atoms with van der Waals surface area (Å²) in [6, 6.07) is 8.73. The van der Waals surface area contributed by atoms with Gasteiger partial charge in [0.2, 0.25) is 10.0 Å². The second kappa shape index (κ2) is 8.66. The van der Waals surface area contributed by atoms with Crippen molar-refractivity contribution in [3.8, 4) is 11.3 Å². The molecule has 0 aliphatic carbocycles. The van der Waals surface area contributed by atoms with Gasteiger partial charge in [-0.05, 0) is 23.6 Å². The highest BCUT2D eigenvalue weighted by atomic mass is 32.2. The zero-order valence-electron chi connectivity index (χ0n) is 19.5. The van der Waals surface area contributed by atoms with Crippen LogP contribution in [0, 0.1) is 16.4 Å². The lowest BCUT2D eigenvalue weighted by atomic mass is 9.97. The van der Waals surface area contributed by atoms with E-state index in [9.17, 15) is 13.6 Å². The summed E-state index contributed by atoms with van der Waals surface area (Å²) < 4.78 is 42.9. The second-order valence-corrected chi connectivity index (χ2v) is 11.9. The number of hydrogen-bond acceptors (Lipinski definition) is 5. The van der Waals surface area contributed by atoms with Gasteiger partial charge in [0.1, 0.15) is 11.5 Å². The van der Waals surface area contributed by atoms with E-state index in [2.05, 4.69) is 25.8 Å². The first-order chi connectivity index (χ1) is 15.4. The predicted molar refractivity (Wildman–Crippen MR) is 125 cm³/mol. The van der Waals surface area contributed by atoms with Crippen molar-refractivity contribution >= 4 is 21.2 Å². The van der Waals surface area contributed by atoms with Crippen molar-refractivity contribution in [2.45, 2.75) is 33.9 Å². The molecule has 0 saturated carbocycles. The maximum absolute atomic E-state index is 15.4. The molecule has 8 nitrogen and oxygen atoms in total. The molecule has 0 atom stereocenters. The molecule has 0 bridgehead atoms. The molecule has 1 aliphatic rings. The van der Waals surface area contributed by atoms with Crippen LogP contribution in [0.15, 0.2) is 36.7 Å². The Morgan fingerprint density at radius 1 is 1.12 bits per heavy atom. The van der Waals surface area contributed by atoms with Crippen molar-refractivity contribution in [1.82, 2.24) is 18.8 Å². The number of rotatable bonds is 5. The Hall–Kier alpha value is -2.56. The summed E-state index contributed by atoms with van der Waals surface area (Å²) in [5.74, 6) is -0.374. The Morgan fingerprint density at radius 3 is 2.45 bits per heavy atom. The molecular weight excluding hydrogens is 445 g/mol. The quantitative estimate of drug-likeness (QED) is 0.418. The molecule has 33 heavy (non-hydrogen) atoms. The van der Waals surface area contributed by atoms with Gasteiger partial charge in [-0.2, -0.15) is 4.31 Å². The Morgan fingerprint density at radius 2 is 1.82 bits per heavy atom. The van der Waals surface area contributed by atoms with Gasteiger partial charge in [-0.3, -0.25) is 9.47 Å². The van der Waals surface area contributed by atoms with Crippen LogP contribution < -0.4 is 4.73 Å². The maximum Gasteiger partial charge on any atom is 0.302 e. The number of hydrogen-bond donors (Lipinski definition) is 0. The van der Waals surface area contributed by atoms with Crippen LogP contribution in [0.4, 0.5) is 4.39 Å². The molecule has 3 heterocycles. The highest BCUT2D eigenvalue weighted by molar-refractivity contribution is 7.88. The van der Waals surface area contributed by atoms with Gasteiger partial charge in [-0.15, -0.1) is 0 Å². The summed E-state index contributed by atoms with van der Waals surface area (Å²) in [7, 11) is -3.21. The molecule has 1 fully saturated rings. The van der Waals surface area contributed by atoms with Gasteiger partial charge >= 0.3 is 5.65 Å². The van der Waals surface area contributed by atoms with Crippen molar-refractivity contribution in [1.29, 1.82) is 0 Å². The third-order valence-corrected chi connectivity index (χ3v) is 7.11. The van der Waals surface area contributed by atoms with Crippen LogP contribution >= 0.6 is 0 Å². The number of halogens is 1. The third kappa shape index (κ3) is 5.18. The van der Waals surface area contributed by atoms with Crippen LogP contribution in [0.25, 0.3) is 22.4 Å². The number of imidazole rings is 1. The van der Waals surface area contributed by atoms with Crippen molar-refractivity contribution in [3.63, 3.8) is 0 Å². The van der Waals surface area contributed by atoms with E-state index in [1.54, 1.807) is 24.3 Å². The number of aromatic nitrogens is 3. The molecule has 0 radical (unpaired) electrons. The van der Waals surface area contributed by atoms with Crippen LogP contribution in [0.1, 0.15) is 26.3 Å². The number of piperazine rings is 1. The molecule has 4 rings (SSSR count). The molecule has 0 spiro atoms. The molecule has 1 saturated heterocycles. The monoisotopic (exact) mass is 475 g/mol. The minimum Gasteiger partial charge on any atom is -0.740 e. The van der Waals surface area contributed by atoms with Crippen molar-refractivity contribution < 1.29 is 17.5 Å². The van der Waals surface area contributed by atoms with Crippen LogP contribution in [-0.2, 0) is 23.1 Å². The molecule has 2 aromatic heterocycles. The molecular formula is C23H30FN5O3S. The number of fused-ring (bicyclic) bond motifs is 1. The fourth-order valence-electron chi connectivity index (χ4n) is 4.22. The molecule has 0 amide bonds. The first-order valence-corrected chi connectivity index (χ1v) is 12.8. The molecule has 3 aromatic rings. The van der Waals surface area contributed by atoms with Crippen molar-refractivity contribution in [2.24, 2.45) is 5.41 Å². The highest BCUT2D eigenvalue weighted by Gasteiger charge is 2.25. The van der Waals surface area contributed by atoms with E-state index in [0.717, 1.165) is 4.73 Å². The number of benzene rings is 1. The first-order valence-electron chi connectivity index (χ1n) is 11.0. The van der Waals surface area contributed by atoms with Crippen LogP contribution in [0.5, 0.6) is 0 Å². The summed E-state index contributed by atoms with van der Waals surface area (Å²) in [5.41, 5.74) is 2.23. The average Bonchev–Trinajstić information content (AvgIpc) is 3.02. The van der Waals surface area contributed by atoms with Gasteiger partial charge in [0.05, 0.1) is 18.4 Å². The zero-order valence-corrected chi connectivity index (χ0v) is 20.3. The lowest BCUT2D eigenvalue weighted by Gasteiger charge is -2.33. The normalized spacial score (nSPS) is 16.5. The Kier molecular flexibility index (Phi) is 6.19. The van der Waals surface area contributed by atoms with Gasteiger partial charge in [0.25, 0.3) is 0 Å². The van der Waals surface area contributed by atoms with E-state index in [1.807, 2.05) is 15.5 Å². The Balaban J connectivity index is 1.58. The van der Waals surface area contributed by atoms with Crippen LogP contribution in [0.3, 0.4) is 0 Å². The molecule has 10 heteroatoms. The molecule has 0 N–H and O–H groups in total. The minimum absolute atomic E-state index is 0.00907. The first kappa shape index (κ1) is 23.6. The molecule has 178 valence electrons. The van der Waals surface area contributed by atoms with E-state index in [-0.39, 0.29) is 16.9 Å². The fraction of sp³-hybridized carbons (Fsp3) is 0.478. The van der Waals surface area contributed by atoms with E-state index in [0.29, 0.717) is 61.6 Å². The lowest BCUT2D eigenvalue weighted by molar-refractivity contribution is -0.580. The van der Waals surface area contributed by atoms with E-state index < -0.39 is 10.0 Å². The van der Waals surface area contributed by atoms with Gasteiger partial charge in [0.15, 0.2) is 11.8 Å². The van der Waals surface area contributed by atoms with E-state index in [1.165, 1.54) is 16.9 Å². The highest BCUT2D eigenvalue weighted by Crippen LogP contribution is 2.27. The summed E-state index contributed by atoms with van der Waals surface area (Å²) >= 11 is 0. The van der Waals surface area contributed by atoms with E-state index >= 15 is 4.39 Å². The molecule has 1 aromatic carbocycles. The van der Waals surface area contributed by atoms with Crippen molar-refractivity contribution in [3.05, 3.63) is 53.2 Å². The topological polar surface area (TPSA) is 85.4 Å². The summed E-state index contributed by atoms with van der Waals surface area (Å²) in [6.45, 7) is 9.20. The van der Waals surface area contributed by atoms with Gasteiger partial charge < -0.3 is 5.21 Å². The standard InChI is InChI=1S/C23H30FN5O3S/c1-23(2,3)15-27-16-29(30)22-20(27)9-8-19(25-22)18-7-5-6-17(21(18)24)14-26-10-12-28(13-11-26)33(4,31)32/h5-9,16H,10-15H2,1-4H3. The summed E-state index contributed by atoms with van der Waals surface area (Å²) in [6.07, 6.45) is 2.69. The van der Waals surface area contributed by atoms with Gasteiger partial charge in [-0.1, -0.05) is 37.9 Å². The molecule has 1 aliphatic heterocycles. The van der Waals surface area contributed by atoms with Gasteiger partial charge in [0, 0.05) is 38.3 Å². The summed E-state index contributed by atoms with van der Waals surface area (Å²) in [4.78, 5) is 6.52. The third-order valence-electron chi connectivity index (χ3n) is 5.81. The lowest BCUT2D eigenvalue weighted by Crippen LogP contribution is -2.47. The van der Waals surface area contributed by atoms with E-state index in [4.69, 9.17) is 0 Å². The average molecular weight is 476 g/mol. The number of sulfonamides is 1. The van der Waals surface area contributed by atoms with Crippen molar-refractivity contribution in [2.75, 3.05) is 32.4 Å². The van der Waals surface area contributed by atoms with Crippen LogP contribution in [-0.4, -0.2) is 59.6 Å². The number of pyridine rings is 1. The largest absolute Gasteiger partial charge is 0.740 e. The molecule has 0 unspecified atom stereocenters. The SMILES string of the molecule is CC(C)(C)Cn1c[n+]([O-])c2nc(-c3cccc(CN4CCN(S(C)(=O)=O)CC4)c3F)ccc21. The Labute approximate surface area is 193 Å². The second-order valence-electron chi connectivity index (χ2n) is 9.89. The minimum atomic E-state index is -3.21.